The van der Waals surface area contributed by atoms with Gasteiger partial charge < -0.3 is 19.6 Å². The monoisotopic (exact) mass is 1660 g/mol. The Morgan fingerprint density at radius 2 is 0.771 bits per heavy atom. The molecule has 0 aliphatic carbocycles. The number of fused-ring (bicyclic) bond motifs is 3. The number of amides is 1. The fraction of sp³-hybridized carbons (Fsp3) is 0.393. The number of benzene rings is 3. The molecule has 3 aliphatic rings. The van der Waals surface area contributed by atoms with Gasteiger partial charge in [0.15, 0.2) is 16.9 Å². The molecule has 614 valence electrons. The molecule has 0 spiro atoms. The van der Waals surface area contributed by atoms with E-state index < -0.39 is 28.7 Å². The summed E-state index contributed by atoms with van der Waals surface area (Å²) < 4.78 is 49.2. The van der Waals surface area contributed by atoms with Crippen LogP contribution in [0.25, 0.3) is 83.9 Å². The molecule has 3 aliphatic heterocycles. The third-order valence-electron chi connectivity index (χ3n) is 22.4. The molecule has 0 radical (unpaired) electrons. The van der Waals surface area contributed by atoms with E-state index in [9.17, 15) is 28.0 Å². The van der Waals surface area contributed by atoms with E-state index in [0.29, 0.717) is 150 Å². The lowest BCUT2D eigenvalue weighted by Crippen LogP contribution is -2.58. The summed E-state index contributed by atoms with van der Waals surface area (Å²) in [6.45, 7) is 41.6. The fourth-order valence-corrected chi connectivity index (χ4v) is 17.1. The molecule has 0 N–H and O–H groups in total. The predicted octanol–water partition coefficient (Wildman–Crippen LogP) is 18.2. The van der Waals surface area contributed by atoms with Crippen LogP contribution in [0.15, 0.2) is 118 Å². The molecule has 3 saturated heterocycles. The van der Waals surface area contributed by atoms with Crippen LogP contribution < -0.4 is 31.8 Å². The Bertz CT molecular complexity index is 5920. The molecule has 6 atom stereocenters. The molecule has 15 rings (SSSR count). The van der Waals surface area contributed by atoms with Crippen molar-refractivity contribution in [3.63, 3.8) is 0 Å². The molecular formula is C89H97Cl3F3N19O4. The number of nitrogens with zero attached hydrogens (tertiary/aromatic N) is 19. The van der Waals surface area contributed by atoms with Crippen molar-refractivity contribution < 1.29 is 18.0 Å². The van der Waals surface area contributed by atoms with Crippen molar-refractivity contribution in [2.45, 2.75) is 192 Å². The number of carbonyl (C=O) groups is 1. The molecule has 9 aromatic heterocycles. The van der Waals surface area contributed by atoms with E-state index in [0.717, 1.165) is 55.3 Å². The molecular weight excluding hydrogens is 1560 g/mol. The number of aryl methyl sites for hydroxylation is 6. The number of hydrogen-bond acceptors (Lipinski definition) is 19. The van der Waals surface area contributed by atoms with Crippen molar-refractivity contribution in [3.05, 3.63) is 219 Å². The SMILES string of the molecule is C=CC(=O)N1C[C@H](C)N(c2nc(=O)n(-c3c(C)nc(C)nc3C(C)C)c3nc(-c4ccccc4F)c(C)cc23)C[C@H]1C.Cc1cc2c(N3C[C@@H](C)CC[C@@H]3C)nc(=O)n(-c3c(C)nc(Cl)nc3C(C)C)c2nc1-c1ccccc1F.Cc1nc(Cl)nc(C(C)C)c1-n1c(=O)nc(N2C[C@@H](C)CC[C@@H]2C)c2cc(Cl)c(-c3ccccc3F)nc21. The Morgan fingerprint density at radius 1 is 0.424 bits per heavy atom. The van der Waals surface area contributed by atoms with Crippen molar-refractivity contribution in [1.82, 2.24) is 78.4 Å². The molecule has 23 nitrogen and oxygen atoms in total. The minimum atomic E-state index is -0.532. The quantitative estimate of drug-likeness (QED) is 0.0768. The summed E-state index contributed by atoms with van der Waals surface area (Å²) in [6, 6.07) is 25.0. The predicted molar refractivity (Wildman–Crippen MR) is 463 cm³/mol. The third-order valence-corrected chi connectivity index (χ3v) is 23.0. The number of aromatic nitrogens is 15. The molecule has 3 fully saturated rings. The molecule has 3 aromatic carbocycles. The van der Waals surface area contributed by atoms with Crippen LogP contribution in [0.1, 0.15) is 178 Å². The van der Waals surface area contributed by atoms with E-state index in [1.165, 1.54) is 38.0 Å². The summed E-state index contributed by atoms with van der Waals surface area (Å²) in [5.41, 5.74) is 8.23. The van der Waals surface area contributed by atoms with Crippen LogP contribution in [-0.2, 0) is 4.79 Å². The molecule has 118 heavy (non-hydrogen) atoms. The number of hydrogen-bond donors (Lipinski definition) is 0. The van der Waals surface area contributed by atoms with Crippen molar-refractivity contribution in [3.8, 4) is 50.8 Å². The average molecular weight is 1660 g/mol. The first-order valence-corrected chi connectivity index (χ1v) is 41.1. The second-order valence-electron chi connectivity index (χ2n) is 32.4. The second kappa shape index (κ2) is 34.5. The molecule has 12 aromatic rings. The summed E-state index contributed by atoms with van der Waals surface area (Å²) in [5, 5.41) is 2.44. The van der Waals surface area contributed by atoms with Gasteiger partial charge in [0, 0.05) is 67.0 Å². The van der Waals surface area contributed by atoms with Gasteiger partial charge in [-0.1, -0.05) is 110 Å². The minimum absolute atomic E-state index is 0.0186. The molecule has 29 heteroatoms. The van der Waals surface area contributed by atoms with Gasteiger partial charge in [-0.2, -0.15) is 15.0 Å². The van der Waals surface area contributed by atoms with Gasteiger partial charge in [-0.05, 0) is 220 Å². The highest BCUT2D eigenvalue weighted by atomic mass is 35.5. The topological polar surface area (TPSA) is 251 Å². The third kappa shape index (κ3) is 16.6. The first-order valence-electron chi connectivity index (χ1n) is 40.0. The molecule has 0 bridgehead atoms. The lowest BCUT2D eigenvalue weighted by atomic mass is 9.94. The van der Waals surface area contributed by atoms with Crippen molar-refractivity contribution in [2.75, 3.05) is 40.9 Å². The van der Waals surface area contributed by atoms with E-state index >= 15 is 4.39 Å². The normalized spacial score (nSPS) is 17.7. The van der Waals surface area contributed by atoms with Gasteiger partial charge in [0.1, 0.15) is 40.7 Å². The Morgan fingerprint density at radius 3 is 1.15 bits per heavy atom. The molecule has 0 unspecified atom stereocenters. The zero-order valence-electron chi connectivity index (χ0n) is 69.7. The average Bonchev–Trinajstić information content (AvgIpc) is 0.741. The highest BCUT2D eigenvalue weighted by Crippen LogP contribution is 2.42. The van der Waals surface area contributed by atoms with E-state index in [2.05, 4.69) is 88.8 Å². The summed E-state index contributed by atoms with van der Waals surface area (Å²) in [7, 11) is 0. The maximum absolute atomic E-state index is 15.0. The van der Waals surface area contributed by atoms with Gasteiger partial charge in [0.05, 0.1) is 89.5 Å². The Balaban J connectivity index is 0.000000154. The summed E-state index contributed by atoms with van der Waals surface area (Å²) in [4.78, 5) is 118. The smallest absolute Gasteiger partial charge is 0.353 e. The standard InChI is InChI=1S/C32H36FN7O2.C29H32ClFN6O.C28H29Cl2FN6O/c1-9-26(41)38-15-20(6)39(16-19(38)5)30-24-14-18(4)28(23-12-10-11-13-25(23)33)36-31(24)40(32(42)37-30)29-21(7)34-22(8)35-27(29)17(2)3;1-15(2)23-25(19(6)32-28(30)34-23)37-27-21(13-17(4)24(33-27)20-9-7-8-10-22(20)31)26(35-29(37)38)36-14-16(3)11-12-18(36)5;1-14(2)22-24(17(5)32-27(30)34-22)37-26-19(12-20(29)23(33-26)18-8-6-7-9-21(18)31)25(35-28(37)38)36-13-15(3)10-11-16(36)4/h9-14,17,19-20H,1,15-16H2,2-8H3;7-10,13,15-16,18H,11-12,14H2,1-6H3;6-9,12,14-16H,10-11,13H2,1-5H3/t19-,20+;16-,18-;15-,16-/m100/s1. The summed E-state index contributed by atoms with van der Waals surface area (Å²) in [6.07, 6.45) is 5.53. The summed E-state index contributed by atoms with van der Waals surface area (Å²) in [5.74, 6) is 1.59. The maximum Gasteiger partial charge on any atom is 0.355 e. The highest BCUT2D eigenvalue weighted by molar-refractivity contribution is 6.34. The van der Waals surface area contributed by atoms with Crippen LogP contribution in [0.5, 0.6) is 0 Å². The van der Waals surface area contributed by atoms with Crippen molar-refractivity contribution in [1.29, 1.82) is 0 Å². The van der Waals surface area contributed by atoms with Crippen LogP contribution in [-0.4, -0.2) is 135 Å². The van der Waals surface area contributed by atoms with Crippen LogP contribution >= 0.6 is 34.8 Å². The second-order valence-corrected chi connectivity index (χ2v) is 33.5. The van der Waals surface area contributed by atoms with Crippen LogP contribution in [0, 0.1) is 70.8 Å². The van der Waals surface area contributed by atoms with Gasteiger partial charge >= 0.3 is 17.1 Å². The van der Waals surface area contributed by atoms with Gasteiger partial charge in [0.25, 0.3) is 0 Å². The van der Waals surface area contributed by atoms with Crippen molar-refractivity contribution in [2.24, 2.45) is 11.8 Å². The maximum atomic E-state index is 15.0. The number of pyridine rings is 3. The van der Waals surface area contributed by atoms with E-state index in [1.54, 1.807) is 79.4 Å². The van der Waals surface area contributed by atoms with E-state index in [-0.39, 0.29) is 80.5 Å². The van der Waals surface area contributed by atoms with Crippen molar-refractivity contribution >= 4 is 91.3 Å². The lowest BCUT2D eigenvalue weighted by Gasteiger charge is -2.44. The number of carbonyl (C=O) groups excluding carboxylic acids is 1. The Labute approximate surface area is 698 Å². The molecule has 12 heterocycles. The van der Waals surface area contributed by atoms with Crippen LogP contribution in [0.3, 0.4) is 0 Å². The number of anilines is 3. The Kier molecular flexibility index (Phi) is 24.9. The first kappa shape index (κ1) is 84.9. The first-order chi connectivity index (χ1) is 56.0. The zero-order chi connectivity index (χ0) is 85.1. The molecule has 0 saturated carbocycles. The van der Waals surface area contributed by atoms with Crippen LogP contribution in [0.2, 0.25) is 15.6 Å². The lowest BCUT2D eigenvalue weighted by molar-refractivity contribution is -0.128. The summed E-state index contributed by atoms with van der Waals surface area (Å²) >= 11 is 19.2. The molecule has 1 amide bonds. The number of piperidine rings is 2. The minimum Gasteiger partial charge on any atom is -0.353 e. The fourth-order valence-electron chi connectivity index (χ4n) is 16.4. The number of rotatable bonds is 13. The number of piperazine rings is 1. The van der Waals surface area contributed by atoms with E-state index in [1.807, 2.05) is 95.2 Å². The van der Waals surface area contributed by atoms with Gasteiger partial charge in [-0.15, -0.1) is 0 Å². The van der Waals surface area contributed by atoms with Gasteiger partial charge in [-0.3, -0.25) is 4.79 Å². The largest absolute Gasteiger partial charge is 0.355 e. The van der Waals surface area contributed by atoms with Gasteiger partial charge in [-0.25, -0.2) is 86.1 Å². The highest BCUT2D eigenvalue weighted by Gasteiger charge is 2.37. The zero-order valence-corrected chi connectivity index (χ0v) is 72.0. The number of halogens is 6. The Hall–Kier alpha value is -11.0. The van der Waals surface area contributed by atoms with E-state index in [4.69, 9.17) is 54.7 Å². The van der Waals surface area contributed by atoms with Crippen LogP contribution in [0.4, 0.5) is 30.6 Å². The van der Waals surface area contributed by atoms with Gasteiger partial charge in [0.2, 0.25) is 16.5 Å².